The van der Waals surface area contributed by atoms with Crippen LogP contribution >= 0.6 is 11.3 Å². The number of nitrogens with one attached hydrogen (secondary N) is 2. The number of hydrogen-bond acceptors (Lipinski definition) is 6. The molecular formula is C12H17N3O3S2. The van der Waals surface area contributed by atoms with Gasteiger partial charge in [-0.25, -0.2) is 13.1 Å². The summed E-state index contributed by atoms with van der Waals surface area (Å²) in [6, 6.07) is 3.32. The number of nitrogens with zero attached hydrogens (tertiary/aromatic N) is 1. The highest BCUT2D eigenvalue weighted by molar-refractivity contribution is 7.91. The van der Waals surface area contributed by atoms with Gasteiger partial charge in [0.1, 0.15) is 4.21 Å². The Morgan fingerprint density at radius 2 is 2.20 bits per heavy atom. The van der Waals surface area contributed by atoms with Crippen molar-refractivity contribution in [3.05, 3.63) is 34.5 Å². The lowest BCUT2D eigenvalue weighted by atomic mass is 10.3. The van der Waals surface area contributed by atoms with Crippen LogP contribution in [0.25, 0.3) is 0 Å². The van der Waals surface area contributed by atoms with Crippen LogP contribution in [0.5, 0.6) is 0 Å². The van der Waals surface area contributed by atoms with Crippen molar-refractivity contribution in [3.8, 4) is 0 Å². The van der Waals surface area contributed by atoms with Crippen molar-refractivity contribution in [2.45, 2.75) is 31.1 Å². The molecule has 0 amide bonds. The van der Waals surface area contributed by atoms with Crippen molar-refractivity contribution in [1.29, 1.82) is 0 Å². The molecule has 0 fully saturated rings. The maximum atomic E-state index is 12.2. The van der Waals surface area contributed by atoms with Crippen molar-refractivity contribution in [2.75, 3.05) is 6.54 Å². The highest BCUT2D eigenvalue weighted by Crippen LogP contribution is 2.25. The molecule has 0 aromatic carbocycles. The van der Waals surface area contributed by atoms with Gasteiger partial charge in [-0.3, -0.25) is 0 Å². The summed E-state index contributed by atoms with van der Waals surface area (Å²) in [7, 11) is -3.51. The molecule has 0 saturated heterocycles. The molecule has 0 aliphatic carbocycles. The van der Waals surface area contributed by atoms with E-state index in [4.69, 9.17) is 4.52 Å². The van der Waals surface area contributed by atoms with Crippen LogP contribution in [-0.2, 0) is 23.1 Å². The van der Waals surface area contributed by atoms with Gasteiger partial charge in [0.2, 0.25) is 10.0 Å². The van der Waals surface area contributed by atoms with Crippen molar-refractivity contribution in [2.24, 2.45) is 0 Å². The van der Waals surface area contributed by atoms with Gasteiger partial charge in [-0.15, -0.1) is 11.3 Å². The lowest BCUT2D eigenvalue weighted by Gasteiger charge is -2.02. The van der Waals surface area contributed by atoms with E-state index in [1.54, 1.807) is 12.1 Å². The highest BCUT2D eigenvalue weighted by atomic mass is 32.2. The van der Waals surface area contributed by atoms with E-state index in [0.717, 1.165) is 17.0 Å². The molecule has 0 aliphatic heterocycles. The van der Waals surface area contributed by atoms with Gasteiger partial charge in [-0.1, -0.05) is 12.1 Å². The quantitative estimate of drug-likeness (QED) is 0.811. The normalized spacial score (nSPS) is 11.9. The van der Waals surface area contributed by atoms with Crippen LogP contribution in [0.4, 0.5) is 0 Å². The van der Waals surface area contributed by atoms with Gasteiger partial charge in [0.15, 0.2) is 5.76 Å². The summed E-state index contributed by atoms with van der Waals surface area (Å²) in [5, 5.41) is 6.73. The first-order valence-electron chi connectivity index (χ1n) is 6.22. The largest absolute Gasteiger partial charge is 0.360 e. The van der Waals surface area contributed by atoms with E-state index in [2.05, 4.69) is 15.2 Å². The number of hydrogen-bond donors (Lipinski definition) is 2. The highest BCUT2D eigenvalue weighted by Gasteiger charge is 2.19. The summed E-state index contributed by atoms with van der Waals surface area (Å²) in [5.74, 6) is 0.481. The van der Waals surface area contributed by atoms with Gasteiger partial charge in [-0.05, 0) is 25.1 Å². The molecule has 2 N–H and O–H groups in total. The number of rotatable bonds is 7. The summed E-state index contributed by atoms with van der Waals surface area (Å²) >= 11 is 1.28. The summed E-state index contributed by atoms with van der Waals surface area (Å²) < 4.78 is 32.1. The Morgan fingerprint density at radius 1 is 1.40 bits per heavy atom. The molecule has 8 heteroatoms. The average Bonchev–Trinajstić information content (AvgIpc) is 3.04. The van der Waals surface area contributed by atoms with E-state index >= 15 is 0 Å². The fraction of sp³-hybridized carbons (Fsp3) is 0.417. The van der Waals surface area contributed by atoms with Gasteiger partial charge in [0.25, 0.3) is 0 Å². The van der Waals surface area contributed by atoms with Crippen LogP contribution in [-0.4, -0.2) is 20.1 Å². The molecule has 2 rings (SSSR count). The van der Waals surface area contributed by atoms with Crippen molar-refractivity contribution >= 4 is 21.4 Å². The molecule has 0 unspecified atom stereocenters. The van der Waals surface area contributed by atoms with Gasteiger partial charge in [0.05, 0.1) is 12.7 Å². The maximum absolute atomic E-state index is 12.2. The first-order valence-corrected chi connectivity index (χ1v) is 8.52. The second-order valence-electron chi connectivity index (χ2n) is 4.26. The Morgan fingerprint density at radius 3 is 2.85 bits per heavy atom. The minimum Gasteiger partial charge on any atom is -0.360 e. The molecule has 0 saturated carbocycles. The predicted molar refractivity (Wildman–Crippen MR) is 77.0 cm³/mol. The molecule has 0 bridgehead atoms. The number of sulfonamides is 1. The molecule has 20 heavy (non-hydrogen) atoms. The third-order valence-electron chi connectivity index (χ3n) is 2.73. The zero-order valence-corrected chi connectivity index (χ0v) is 13.0. The average molecular weight is 315 g/mol. The third kappa shape index (κ3) is 3.66. The van der Waals surface area contributed by atoms with Gasteiger partial charge >= 0.3 is 0 Å². The lowest BCUT2D eigenvalue weighted by molar-refractivity contribution is 0.380. The zero-order chi connectivity index (χ0) is 14.6. The van der Waals surface area contributed by atoms with Crippen LogP contribution in [0.2, 0.25) is 0 Å². The van der Waals surface area contributed by atoms with E-state index < -0.39 is 10.0 Å². The molecule has 0 spiro atoms. The minimum absolute atomic E-state index is 0.0990. The summed E-state index contributed by atoms with van der Waals surface area (Å²) in [4.78, 5) is 1.03. The fourth-order valence-electron chi connectivity index (χ4n) is 1.61. The van der Waals surface area contributed by atoms with Crippen molar-refractivity contribution in [1.82, 2.24) is 15.2 Å². The molecule has 2 heterocycles. The molecule has 110 valence electrons. The Kier molecular flexibility index (Phi) is 4.92. The Balaban J connectivity index is 2.09. The Bertz CT molecular complexity index is 648. The molecule has 6 nitrogen and oxygen atoms in total. The molecule has 0 aliphatic rings. The number of aromatic nitrogens is 1. The van der Waals surface area contributed by atoms with Crippen LogP contribution < -0.4 is 10.0 Å². The summed E-state index contributed by atoms with van der Waals surface area (Å²) in [6.45, 7) is 5.56. The van der Waals surface area contributed by atoms with Crippen LogP contribution in [0, 0.1) is 6.92 Å². The van der Waals surface area contributed by atoms with Gasteiger partial charge < -0.3 is 9.84 Å². The molecule has 2 aromatic rings. The Labute approximate surface area is 122 Å². The Hall–Kier alpha value is -1.22. The van der Waals surface area contributed by atoms with Crippen LogP contribution in [0.3, 0.4) is 0 Å². The molecule has 2 aromatic heterocycles. The monoisotopic (exact) mass is 315 g/mol. The standard InChI is InChI=1S/C12H17N3O3S2/c1-3-13-8-11-9(2)6-12(19-11)20(16,17)15-7-10-4-5-14-18-10/h4-6,13,15H,3,7-8H2,1-2H3. The first kappa shape index (κ1) is 15.2. The van der Waals surface area contributed by atoms with Crippen molar-refractivity contribution < 1.29 is 12.9 Å². The predicted octanol–water partition coefficient (Wildman–Crippen LogP) is 1.63. The van der Waals surface area contributed by atoms with E-state index in [1.165, 1.54) is 17.5 Å². The minimum atomic E-state index is -3.51. The SMILES string of the molecule is CCNCc1sc(S(=O)(=O)NCc2ccno2)cc1C. The van der Waals surface area contributed by atoms with Crippen LogP contribution in [0.1, 0.15) is 23.1 Å². The smallest absolute Gasteiger partial charge is 0.250 e. The lowest BCUT2D eigenvalue weighted by Crippen LogP contribution is -2.22. The van der Waals surface area contributed by atoms with E-state index in [9.17, 15) is 8.42 Å². The first-order chi connectivity index (χ1) is 9.53. The molecule has 0 atom stereocenters. The summed E-state index contributed by atoms with van der Waals surface area (Å²) in [6.07, 6.45) is 1.48. The third-order valence-corrected chi connectivity index (χ3v) is 5.84. The van der Waals surface area contributed by atoms with E-state index in [0.29, 0.717) is 16.5 Å². The van der Waals surface area contributed by atoms with E-state index in [1.807, 2.05) is 13.8 Å². The number of aryl methyl sites for hydroxylation is 1. The van der Waals surface area contributed by atoms with Crippen molar-refractivity contribution in [3.63, 3.8) is 0 Å². The topological polar surface area (TPSA) is 84.2 Å². The van der Waals surface area contributed by atoms with Gasteiger partial charge in [0, 0.05) is 17.5 Å². The second-order valence-corrected chi connectivity index (χ2v) is 7.39. The molecular weight excluding hydrogens is 298 g/mol. The van der Waals surface area contributed by atoms with Gasteiger partial charge in [-0.2, -0.15) is 0 Å². The number of thiophene rings is 1. The molecule has 0 radical (unpaired) electrons. The fourth-order valence-corrected chi connectivity index (χ4v) is 4.20. The van der Waals surface area contributed by atoms with Crippen LogP contribution in [0.15, 0.2) is 27.1 Å². The zero-order valence-electron chi connectivity index (χ0n) is 11.3. The second kappa shape index (κ2) is 6.49. The van der Waals surface area contributed by atoms with E-state index in [-0.39, 0.29) is 6.54 Å². The summed E-state index contributed by atoms with van der Waals surface area (Å²) in [5.41, 5.74) is 0.982. The maximum Gasteiger partial charge on any atom is 0.250 e.